The normalized spacial score (nSPS) is 18.2. The van der Waals surface area contributed by atoms with Crippen molar-refractivity contribution in [2.24, 2.45) is 0 Å². The van der Waals surface area contributed by atoms with Crippen LogP contribution in [0, 0.1) is 0 Å². The van der Waals surface area contributed by atoms with Crippen LogP contribution in [0.15, 0.2) is 30.6 Å². The zero-order valence-corrected chi connectivity index (χ0v) is 13.7. The Kier molecular flexibility index (Phi) is 4.07. The van der Waals surface area contributed by atoms with Gasteiger partial charge in [0.25, 0.3) is 0 Å². The lowest BCUT2D eigenvalue weighted by Crippen LogP contribution is -2.36. The minimum atomic E-state index is -0.494. The third-order valence-electron chi connectivity index (χ3n) is 3.73. The lowest BCUT2D eigenvalue weighted by Gasteiger charge is -2.27. The molecule has 1 fully saturated rings. The predicted octanol–water partition coefficient (Wildman–Crippen LogP) is 3.54. The van der Waals surface area contributed by atoms with Gasteiger partial charge in [-0.2, -0.15) is 0 Å². The van der Waals surface area contributed by atoms with E-state index in [1.165, 1.54) is 0 Å². The molecule has 2 aromatic heterocycles. The number of carbonyl (C=O) groups excluding carboxylic acids is 1. The monoisotopic (exact) mass is 314 g/mol. The van der Waals surface area contributed by atoms with E-state index in [2.05, 4.69) is 15.0 Å². The zero-order chi connectivity index (χ0) is 16.4. The van der Waals surface area contributed by atoms with Gasteiger partial charge in [-0.05, 0) is 45.7 Å². The molecule has 1 N–H and O–H groups in total. The summed E-state index contributed by atoms with van der Waals surface area (Å²) in [5.41, 5.74) is 1.21. The van der Waals surface area contributed by atoms with Gasteiger partial charge in [-0.25, -0.2) is 9.78 Å². The number of carbonyl (C=O) groups is 1. The van der Waals surface area contributed by atoms with E-state index in [0.717, 1.165) is 30.1 Å². The highest BCUT2D eigenvalue weighted by Crippen LogP contribution is 2.32. The van der Waals surface area contributed by atoms with Gasteiger partial charge in [-0.3, -0.25) is 9.88 Å². The van der Waals surface area contributed by atoms with Crippen molar-refractivity contribution in [1.29, 1.82) is 0 Å². The summed E-state index contributed by atoms with van der Waals surface area (Å²) in [6.45, 7) is 6.32. The molecule has 2 aromatic rings. The fraction of sp³-hybridized carbons (Fsp3) is 0.471. The van der Waals surface area contributed by atoms with Crippen LogP contribution in [0.25, 0.3) is 11.4 Å². The fourth-order valence-corrected chi connectivity index (χ4v) is 2.75. The molecular formula is C17H22N4O2. The van der Waals surface area contributed by atoms with Crippen LogP contribution in [0.1, 0.15) is 45.5 Å². The molecule has 0 radical (unpaired) electrons. The van der Waals surface area contributed by atoms with Crippen LogP contribution in [0.4, 0.5) is 4.79 Å². The summed E-state index contributed by atoms with van der Waals surface area (Å²) in [6, 6.07) is 5.67. The summed E-state index contributed by atoms with van der Waals surface area (Å²) >= 11 is 0. The Morgan fingerprint density at radius 3 is 2.87 bits per heavy atom. The highest BCUT2D eigenvalue weighted by atomic mass is 16.6. The molecule has 0 saturated carbocycles. The molecule has 0 unspecified atom stereocenters. The van der Waals surface area contributed by atoms with Crippen LogP contribution >= 0.6 is 0 Å². The van der Waals surface area contributed by atoms with E-state index in [9.17, 15) is 4.79 Å². The molecule has 1 saturated heterocycles. The van der Waals surface area contributed by atoms with Crippen LogP contribution in [0.5, 0.6) is 0 Å². The maximum absolute atomic E-state index is 12.4. The Bertz CT molecular complexity index is 675. The Morgan fingerprint density at radius 1 is 1.35 bits per heavy atom. The third-order valence-corrected chi connectivity index (χ3v) is 3.73. The van der Waals surface area contributed by atoms with Gasteiger partial charge in [-0.15, -0.1) is 0 Å². The average Bonchev–Trinajstić information content (AvgIpc) is 3.15. The SMILES string of the molecule is CC(C)(C)OC(=O)N1CCC[C@H]1c1ncc(-c2ccccn2)[nH]1. The number of aromatic nitrogens is 3. The maximum Gasteiger partial charge on any atom is 0.410 e. The number of nitrogens with one attached hydrogen (secondary N) is 1. The number of likely N-dealkylation sites (tertiary alicyclic amines) is 1. The summed E-state index contributed by atoms with van der Waals surface area (Å²) in [6.07, 6.45) is 5.07. The number of pyridine rings is 1. The van der Waals surface area contributed by atoms with Crippen LogP contribution in [0.2, 0.25) is 0 Å². The van der Waals surface area contributed by atoms with E-state index in [1.807, 2.05) is 39.0 Å². The van der Waals surface area contributed by atoms with Crippen molar-refractivity contribution < 1.29 is 9.53 Å². The summed E-state index contributed by atoms with van der Waals surface area (Å²) in [5.74, 6) is 0.786. The largest absolute Gasteiger partial charge is 0.444 e. The molecule has 0 aromatic carbocycles. The second-order valence-corrected chi connectivity index (χ2v) is 6.73. The van der Waals surface area contributed by atoms with Crippen LogP contribution in [-0.4, -0.2) is 38.1 Å². The van der Waals surface area contributed by atoms with Gasteiger partial charge in [0.2, 0.25) is 0 Å². The Morgan fingerprint density at radius 2 is 2.17 bits per heavy atom. The van der Waals surface area contributed by atoms with Crippen molar-refractivity contribution in [3.05, 3.63) is 36.4 Å². The molecule has 3 heterocycles. The van der Waals surface area contributed by atoms with E-state index in [1.54, 1.807) is 17.3 Å². The highest BCUT2D eigenvalue weighted by Gasteiger charge is 2.34. The average molecular weight is 314 g/mol. The molecule has 1 aliphatic heterocycles. The number of nitrogens with zero attached hydrogens (tertiary/aromatic N) is 3. The summed E-state index contributed by atoms with van der Waals surface area (Å²) in [4.78, 5) is 26.2. The van der Waals surface area contributed by atoms with E-state index in [4.69, 9.17) is 4.74 Å². The Labute approximate surface area is 135 Å². The molecule has 122 valence electrons. The van der Waals surface area contributed by atoms with Gasteiger partial charge >= 0.3 is 6.09 Å². The molecule has 1 atom stereocenters. The maximum atomic E-state index is 12.4. The number of hydrogen-bond donors (Lipinski definition) is 1. The van der Waals surface area contributed by atoms with Crippen molar-refractivity contribution in [1.82, 2.24) is 19.9 Å². The number of rotatable bonds is 2. The van der Waals surface area contributed by atoms with E-state index in [0.29, 0.717) is 6.54 Å². The molecule has 1 aliphatic rings. The number of aromatic amines is 1. The smallest absolute Gasteiger partial charge is 0.410 e. The van der Waals surface area contributed by atoms with Gasteiger partial charge < -0.3 is 9.72 Å². The topological polar surface area (TPSA) is 71.1 Å². The lowest BCUT2D eigenvalue weighted by atomic mass is 10.2. The molecule has 23 heavy (non-hydrogen) atoms. The van der Waals surface area contributed by atoms with Gasteiger partial charge in [0.15, 0.2) is 0 Å². The summed E-state index contributed by atoms with van der Waals surface area (Å²) in [7, 11) is 0. The number of hydrogen-bond acceptors (Lipinski definition) is 4. The first-order valence-corrected chi connectivity index (χ1v) is 7.90. The fourth-order valence-electron chi connectivity index (χ4n) is 2.75. The number of imidazole rings is 1. The van der Waals surface area contributed by atoms with Crippen LogP contribution in [-0.2, 0) is 4.74 Å². The Balaban J connectivity index is 1.78. The Hall–Kier alpha value is -2.37. The minimum Gasteiger partial charge on any atom is -0.444 e. The molecular weight excluding hydrogens is 292 g/mol. The molecule has 0 spiro atoms. The van der Waals surface area contributed by atoms with Gasteiger partial charge in [-0.1, -0.05) is 6.07 Å². The standard InChI is InChI=1S/C17H22N4O2/c1-17(2,3)23-16(22)21-10-6-8-14(21)15-19-11-13(20-15)12-7-4-5-9-18-12/h4-5,7,9,11,14H,6,8,10H2,1-3H3,(H,19,20)/t14-/m0/s1. The van der Waals surface area contributed by atoms with Crippen LogP contribution in [0.3, 0.4) is 0 Å². The second-order valence-electron chi connectivity index (χ2n) is 6.73. The summed E-state index contributed by atoms with van der Waals surface area (Å²) < 4.78 is 5.50. The molecule has 0 aliphatic carbocycles. The number of ether oxygens (including phenoxy) is 1. The highest BCUT2D eigenvalue weighted by molar-refractivity contribution is 5.69. The molecule has 6 nitrogen and oxygen atoms in total. The second kappa shape index (κ2) is 6.02. The van der Waals surface area contributed by atoms with Gasteiger partial charge in [0.05, 0.1) is 23.6 Å². The van der Waals surface area contributed by atoms with E-state index in [-0.39, 0.29) is 12.1 Å². The van der Waals surface area contributed by atoms with E-state index >= 15 is 0 Å². The molecule has 6 heteroatoms. The zero-order valence-electron chi connectivity index (χ0n) is 13.7. The predicted molar refractivity (Wildman–Crippen MR) is 86.7 cm³/mol. The lowest BCUT2D eigenvalue weighted by molar-refractivity contribution is 0.0219. The first-order chi connectivity index (χ1) is 10.9. The third kappa shape index (κ3) is 3.52. The summed E-state index contributed by atoms with van der Waals surface area (Å²) in [5, 5.41) is 0. The van der Waals surface area contributed by atoms with Crippen molar-refractivity contribution in [3.63, 3.8) is 0 Å². The first kappa shape index (κ1) is 15.5. The quantitative estimate of drug-likeness (QED) is 0.920. The van der Waals surface area contributed by atoms with E-state index < -0.39 is 5.60 Å². The molecule has 0 bridgehead atoms. The first-order valence-electron chi connectivity index (χ1n) is 7.90. The van der Waals surface area contributed by atoms with Gasteiger partial charge in [0.1, 0.15) is 11.4 Å². The van der Waals surface area contributed by atoms with Gasteiger partial charge in [0, 0.05) is 12.7 Å². The molecule has 3 rings (SSSR count). The van der Waals surface area contributed by atoms with Crippen LogP contribution < -0.4 is 0 Å². The minimum absolute atomic E-state index is 0.0673. The number of H-pyrrole nitrogens is 1. The number of amides is 1. The van der Waals surface area contributed by atoms with Crippen molar-refractivity contribution in [2.75, 3.05) is 6.54 Å². The van der Waals surface area contributed by atoms with Crippen molar-refractivity contribution >= 4 is 6.09 Å². The molecule has 1 amide bonds. The van der Waals surface area contributed by atoms with Crippen molar-refractivity contribution in [3.8, 4) is 11.4 Å². The van der Waals surface area contributed by atoms with Crippen molar-refractivity contribution in [2.45, 2.75) is 45.3 Å².